The van der Waals surface area contributed by atoms with Gasteiger partial charge >= 0.3 is 0 Å². The van der Waals surface area contributed by atoms with E-state index < -0.39 is 0 Å². The van der Waals surface area contributed by atoms with Gasteiger partial charge in [0.25, 0.3) is 5.69 Å². The highest BCUT2D eigenvalue weighted by molar-refractivity contribution is 5.38. The maximum Gasteiger partial charge on any atom is 0.251 e. The quantitative estimate of drug-likeness (QED) is 0.380. The molecule has 0 aromatic heterocycles. The van der Waals surface area contributed by atoms with Crippen LogP contribution in [-0.2, 0) is 0 Å². The Bertz CT molecular complexity index is 284. The molecule has 0 radical (unpaired) electrons. The van der Waals surface area contributed by atoms with Crippen LogP contribution in [0.25, 0.3) is 0 Å². The van der Waals surface area contributed by atoms with E-state index in [0.717, 1.165) is 5.56 Å². The van der Waals surface area contributed by atoms with Gasteiger partial charge < -0.3 is 10.4 Å². The summed E-state index contributed by atoms with van der Waals surface area (Å²) in [6.45, 7) is 1.77. The minimum Gasteiger partial charge on any atom is -0.592 e. The second kappa shape index (κ2) is 3.01. The SMILES string of the molecule is Cc1ccccc1/[N+]([O-])=N\O. The maximum absolute atomic E-state index is 10.7. The van der Waals surface area contributed by atoms with Crippen molar-refractivity contribution in [3.8, 4) is 0 Å². The summed E-state index contributed by atoms with van der Waals surface area (Å²) in [5.74, 6) is 0. The molecule has 1 rings (SSSR count). The third-order valence-electron chi connectivity index (χ3n) is 1.40. The summed E-state index contributed by atoms with van der Waals surface area (Å²) in [6, 6.07) is 6.87. The van der Waals surface area contributed by atoms with E-state index in [1.807, 2.05) is 6.07 Å². The van der Waals surface area contributed by atoms with Crippen molar-refractivity contribution in [3.63, 3.8) is 0 Å². The molecule has 0 saturated carbocycles. The molecule has 0 aliphatic carbocycles. The van der Waals surface area contributed by atoms with Gasteiger partial charge in [0.05, 0.1) is 0 Å². The van der Waals surface area contributed by atoms with Gasteiger partial charge in [-0.05, 0) is 11.8 Å². The van der Waals surface area contributed by atoms with E-state index >= 15 is 0 Å². The van der Waals surface area contributed by atoms with Crippen molar-refractivity contribution in [1.29, 1.82) is 0 Å². The number of aryl methyl sites for hydroxylation is 1. The average molecular weight is 152 g/mol. The number of hydrogen-bond acceptors (Lipinski definition) is 2. The summed E-state index contributed by atoms with van der Waals surface area (Å²) in [6.07, 6.45) is 0. The Morgan fingerprint density at radius 1 is 1.45 bits per heavy atom. The average Bonchev–Trinajstić information content (AvgIpc) is 2.04. The van der Waals surface area contributed by atoms with Crippen molar-refractivity contribution >= 4 is 5.69 Å². The third kappa shape index (κ3) is 1.46. The predicted octanol–water partition coefficient (Wildman–Crippen LogP) is 1.98. The smallest absolute Gasteiger partial charge is 0.251 e. The fourth-order valence-electron chi connectivity index (χ4n) is 0.826. The Morgan fingerprint density at radius 3 is 2.64 bits per heavy atom. The zero-order chi connectivity index (χ0) is 8.27. The molecule has 0 saturated heterocycles. The Hall–Kier alpha value is -1.58. The largest absolute Gasteiger partial charge is 0.592 e. The normalized spacial score (nSPS) is 11.5. The zero-order valence-corrected chi connectivity index (χ0v) is 6.06. The van der Waals surface area contributed by atoms with E-state index in [4.69, 9.17) is 5.21 Å². The summed E-state index contributed by atoms with van der Waals surface area (Å²) in [5, 5.41) is 21.4. The molecular weight excluding hydrogens is 144 g/mol. The van der Waals surface area contributed by atoms with Gasteiger partial charge in [-0.1, -0.05) is 18.2 Å². The van der Waals surface area contributed by atoms with Crippen molar-refractivity contribution in [3.05, 3.63) is 35.0 Å². The highest BCUT2D eigenvalue weighted by atomic mass is 16.6. The number of hydrogen-bond donors (Lipinski definition) is 1. The van der Waals surface area contributed by atoms with E-state index in [0.29, 0.717) is 5.69 Å². The van der Waals surface area contributed by atoms with Crippen LogP contribution in [0.4, 0.5) is 5.69 Å². The molecule has 4 nitrogen and oxygen atoms in total. The zero-order valence-electron chi connectivity index (χ0n) is 6.06. The van der Waals surface area contributed by atoms with Gasteiger partial charge in [-0.25, -0.2) is 0 Å². The molecule has 1 aromatic carbocycles. The number of nitrogens with zero attached hydrogens (tertiary/aromatic N) is 2. The van der Waals surface area contributed by atoms with Gasteiger partial charge in [0.1, 0.15) is 0 Å². The first-order valence-corrected chi connectivity index (χ1v) is 3.13. The monoisotopic (exact) mass is 152 g/mol. The van der Waals surface area contributed by atoms with Gasteiger partial charge in [0.2, 0.25) is 5.28 Å². The van der Waals surface area contributed by atoms with E-state index in [1.165, 1.54) is 0 Å². The first-order chi connectivity index (χ1) is 5.25. The van der Waals surface area contributed by atoms with E-state index in [-0.39, 0.29) is 4.86 Å². The lowest BCUT2D eigenvalue weighted by Crippen LogP contribution is -1.92. The molecule has 0 heterocycles. The van der Waals surface area contributed by atoms with E-state index in [9.17, 15) is 5.21 Å². The summed E-state index contributed by atoms with van der Waals surface area (Å²) < 4.78 is 0. The minimum atomic E-state index is 0.176. The van der Waals surface area contributed by atoms with Crippen LogP contribution >= 0.6 is 0 Å². The molecule has 0 unspecified atom stereocenters. The first kappa shape index (κ1) is 7.53. The summed E-state index contributed by atoms with van der Waals surface area (Å²) in [4.78, 5) is 0.176. The fourth-order valence-corrected chi connectivity index (χ4v) is 0.826. The van der Waals surface area contributed by atoms with E-state index in [2.05, 4.69) is 5.28 Å². The second-order valence-electron chi connectivity index (χ2n) is 2.15. The Labute approximate surface area is 63.9 Å². The van der Waals surface area contributed by atoms with Crippen LogP contribution in [-0.4, -0.2) is 10.1 Å². The second-order valence-corrected chi connectivity index (χ2v) is 2.15. The third-order valence-corrected chi connectivity index (χ3v) is 1.40. The summed E-state index contributed by atoms with van der Waals surface area (Å²) >= 11 is 0. The van der Waals surface area contributed by atoms with Gasteiger partial charge in [-0.2, -0.15) is 0 Å². The summed E-state index contributed by atoms with van der Waals surface area (Å²) in [5.41, 5.74) is 1.13. The number of benzene rings is 1. The van der Waals surface area contributed by atoms with Crippen LogP contribution in [0.3, 0.4) is 0 Å². The van der Waals surface area contributed by atoms with Crippen LogP contribution in [0.2, 0.25) is 0 Å². The molecular formula is C7H8N2O2. The molecule has 0 atom stereocenters. The lowest BCUT2D eigenvalue weighted by Gasteiger charge is -1.98. The standard InChI is InChI=1S/C7H8N2O2/c1-6-4-2-3-5-7(6)9(11)8-10/h2-5,10H,1H3/b9-8+. The molecule has 0 aliphatic heterocycles. The molecule has 1 aromatic rings. The van der Waals surface area contributed by atoms with Crippen molar-refractivity contribution in [1.82, 2.24) is 0 Å². The lowest BCUT2D eigenvalue weighted by atomic mass is 10.2. The van der Waals surface area contributed by atoms with Crippen LogP contribution in [0.5, 0.6) is 0 Å². The molecule has 0 aliphatic rings. The molecule has 4 heteroatoms. The van der Waals surface area contributed by atoms with Crippen LogP contribution in [0, 0.1) is 12.1 Å². The lowest BCUT2D eigenvalue weighted by molar-refractivity contribution is -0.474. The Morgan fingerprint density at radius 2 is 2.09 bits per heavy atom. The van der Waals surface area contributed by atoms with Crippen LogP contribution in [0.1, 0.15) is 5.56 Å². The van der Waals surface area contributed by atoms with Gasteiger partial charge in [0.15, 0.2) is 0 Å². The first-order valence-electron chi connectivity index (χ1n) is 3.13. The Balaban J connectivity index is 3.14. The number of para-hydroxylation sites is 1. The van der Waals surface area contributed by atoms with E-state index in [1.54, 1.807) is 25.1 Å². The van der Waals surface area contributed by atoms with Crippen LogP contribution in [0.15, 0.2) is 29.5 Å². The molecule has 1 N–H and O–H groups in total. The van der Waals surface area contributed by atoms with Gasteiger partial charge in [0, 0.05) is 11.6 Å². The Kier molecular flexibility index (Phi) is 2.06. The highest BCUT2D eigenvalue weighted by Gasteiger charge is 2.05. The highest BCUT2D eigenvalue weighted by Crippen LogP contribution is 2.15. The molecule has 58 valence electrons. The van der Waals surface area contributed by atoms with Crippen molar-refractivity contribution < 1.29 is 10.1 Å². The van der Waals surface area contributed by atoms with Crippen molar-refractivity contribution in [2.75, 3.05) is 0 Å². The molecule has 0 fully saturated rings. The summed E-state index contributed by atoms with van der Waals surface area (Å²) in [7, 11) is 0. The molecule has 0 bridgehead atoms. The van der Waals surface area contributed by atoms with Gasteiger partial charge in [-0.3, -0.25) is 0 Å². The van der Waals surface area contributed by atoms with Crippen molar-refractivity contribution in [2.45, 2.75) is 6.92 Å². The van der Waals surface area contributed by atoms with Crippen molar-refractivity contribution in [2.24, 2.45) is 5.28 Å². The van der Waals surface area contributed by atoms with Gasteiger partial charge in [-0.15, -0.1) is 0 Å². The maximum atomic E-state index is 10.7. The fraction of sp³-hybridized carbons (Fsp3) is 0.143. The molecule has 11 heavy (non-hydrogen) atoms. The minimum absolute atomic E-state index is 0.176. The molecule has 0 amide bonds. The topological polar surface area (TPSA) is 58.7 Å². The van der Waals surface area contributed by atoms with Crippen LogP contribution < -0.4 is 0 Å². The predicted molar refractivity (Wildman–Crippen MR) is 38.7 cm³/mol. The molecule has 0 spiro atoms. The number of rotatable bonds is 1.